The fraction of sp³-hybridized carbons (Fsp3) is 0.552. The average Bonchev–Trinajstić information content (AvgIpc) is 0.921. The van der Waals surface area contributed by atoms with Gasteiger partial charge in [-0.15, -0.1) is 0 Å². The summed E-state index contributed by atoms with van der Waals surface area (Å²) in [6.07, 6.45) is -2.02. The van der Waals surface area contributed by atoms with Crippen molar-refractivity contribution >= 4 is 106 Å². The summed E-state index contributed by atoms with van der Waals surface area (Å²) in [5.41, 5.74) is 15.9. The third-order valence-corrected chi connectivity index (χ3v) is 14.2. The molecular weight excluding hydrogens is 1210 g/mol. The van der Waals surface area contributed by atoms with Crippen molar-refractivity contribution in [1.29, 1.82) is 0 Å². The van der Waals surface area contributed by atoms with Gasteiger partial charge in [0, 0.05) is 18.2 Å². The predicted octanol–water partition coefficient (Wildman–Crippen LogP) is -0.823. The highest BCUT2D eigenvalue weighted by molar-refractivity contribution is 7.98. The van der Waals surface area contributed by atoms with Crippen molar-refractivity contribution in [2.24, 2.45) is 28.1 Å². The van der Waals surface area contributed by atoms with Gasteiger partial charge in [0.15, 0.2) is 11.7 Å². The topological polar surface area (TPSA) is 509 Å². The van der Waals surface area contributed by atoms with Crippen LogP contribution in [0.25, 0.3) is 0 Å². The zero-order chi connectivity index (χ0) is 68.8. The van der Waals surface area contributed by atoms with E-state index < -0.39 is 157 Å². The number of primary amides is 1. The van der Waals surface area contributed by atoms with Crippen LogP contribution in [0, 0.1) is 5.92 Å². The molecule has 0 heterocycles. The number of carboxylic acids is 2. The number of benzene rings is 2. The smallest absolute Gasteiger partial charge is 0.305 e. The molecule has 10 unspecified atom stereocenters. The van der Waals surface area contributed by atoms with Crippen molar-refractivity contribution in [3.63, 3.8) is 0 Å². The fourth-order valence-corrected chi connectivity index (χ4v) is 8.85. The lowest BCUT2D eigenvalue weighted by atomic mass is 9.97. The third kappa shape index (κ3) is 27.2. The lowest BCUT2D eigenvalue weighted by Gasteiger charge is -2.28. The second-order valence-corrected chi connectivity index (χ2v) is 22.4. The number of ether oxygens (including phenoxy) is 3. The van der Waals surface area contributed by atoms with Crippen LogP contribution in [0.15, 0.2) is 35.3 Å². The zero-order valence-electron chi connectivity index (χ0n) is 52.6. The Hall–Kier alpha value is -9.27. The fourth-order valence-electron chi connectivity index (χ4n) is 8.38. The first-order chi connectivity index (χ1) is 42.8. The highest BCUT2D eigenvalue weighted by atomic mass is 32.2. The summed E-state index contributed by atoms with van der Waals surface area (Å²) in [6.45, 7) is 12.3. The first kappa shape index (κ1) is 77.8. The van der Waals surface area contributed by atoms with Crippen molar-refractivity contribution in [2.75, 3.05) is 42.8 Å². The van der Waals surface area contributed by atoms with Crippen LogP contribution >= 0.6 is 11.8 Å². The number of hydrogen-bond acceptors (Lipinski definition) is 20. The van der Waals surface area contributed by atoms with Crippen LogP contribution in [0.2, 0.25) is 0 Å². The number of amides is 9. The lowest BCUT2D eigenvalue weighted by Crippen LogP contribution is -2.60. The van der Waals surface area contributed by atoms with Crippen molar-refractivity contribution in [2.45, 2.75) is 167 Å². The molecule has 18 N–H and O–H groups in total. The molecule has 0 aliphatic carbocycles. The van der Waals surface area contributed by atoms with E-state index >= 15 is 0 Å². The second-order valence-electron chi connectivity index (χ2n) is 21.4. The Labute approximate surface area is 530 Å². The summed E-state index contributed by atoms with van der Waals surface area (Å²) in [5, 5.41) is 52.1. The summed E-state index contributed by atoms with van der Waals surface area (Å²) in [6, 6.07) is -4.10. The maximum absolute atomic E-state index is 14.3. The summed E-state index contributed by atoms with van der Waals surface area (Å²) in [7, 11) is 1.20. The molecule has 0 aromatic heterocycles. The van der Waals surface area contributed by atoms with E-state index in [4.69, 9.17) is 31.4 Å². The SMILES string of the molecule is CCC(C)Oc1cc(NC(=O)c2ccc(NCC(=O)NC(CCSC)C(=O)NC(C(C)=O)C(C)O)c(OC(C)C)c2)c(OC)cc1C(=O)NC(CC(=O)O)C(=O)NC(CC(=O)O)C(=O)NC(C(=O)NC(CC(N)=O)C(=O)NC(C=O)CCCN=C(N)N)C(C)CC. The molecule has 2 aromatic rings. The number of hydrogen-bond donors (Lipinski definition) is 15. The van der Waals surface area contributed by atoms with Gasteiger partial charge in [0.1, 0.15) is 59.8 Å². The number of Topliss-reactive ketones (excluding diaryl/α,β-unsaturated/α-hetero) is 1. The van der Waals surface area contributed by atoms with Gasteiger partial charge in [0.25, 0.3) is 11.8 Å². The molecule has 32 nitrogen and oxygen atoms in total. The van der Waals surface area contributed by atoms with Gasteiger partial charge in [-0.05, 0) is 102 Å². The number of aliphatic carboxylic acids is 2. The standard InChI is InChI=1S/C58H87N13O19S/c1-11-29(5)49(57(87)69-39(23-45(59)75)54(84)64-34(27-72)14-13-18-62-58(60)61)70-56(86)41(25-48(79)80)68-55(85)40(24-47(77)78)67-52(82)35-21-43(88-9)38(22-42(35)90-30(6)12-2)66-51(81)33-15-16-36(44(20-33)89-28(3)4)63-26-46(76)65-37(17-19-91-10)53(83)71-50(31(7)73)32(8)74/h15-16,20-22,27-31,34,37,39-41,49-50,63,73H,11-14,17-19,23-26H2,1-10H3,(H2,59,75)(H,64,84)(H,65,76)(H,66,81)(H,67,82)(H,68,85)(H,69,87)(H,70,86)(H,71,83)(H,77,78)(H,79,80)(H4,60,61,62). The number of nitrogens with two attached hydrogens (primary N) is 3. The number of ketones is 1. The number of nitrogens with zero attached hydrogens (tertiary/aromatic N) is 1. The van der Waals surface area contributed by atoms with Crippen LogP contribution in [0.5, 0.6) is 17.2 Å². The minimum Gasteiger partial charge on any atom is -0.495 e. The molecule has 0 aliphatic heterocycles. The van der Waals surface area contributed by atoms with Gasteiger partial charge >= 0.3 is 11.9 Å². The molecule has 9 amide bonds. The molecule has 33 heteroatoms. The Kier molecular flexibility index (Phi) is 33.3. The van der Waals surface area contributed by atoms with Crippen molar-refractivity contribution < 1.29 is 91.9 Å². The number of carbonyl (C=O) groups excluding carboxylic acids is 11. The molecule has 0 saturated heterocycles. The molecule has 2 rings (SSSR count). The van der Waals surface area contributed by atoms with Crippen LogP contribution < -0.4 is 79.3 Å². The third-order valence-electron chi connectivity index (χ3n) is 13.5. The summed E-state index contributed by atoms with van der Waals surface area (Å²) in [5.74, 6) is -13.4. The average molecular weight is 1300 g/mol. The number of aldehydes is 1. The van der Waals surface area contributed by atoms with Gasteiger partial charge in [-0.25, -0.2) is 0 Å². The van der Waals surface area contributed by atoms with Crippen LogP contribution in [0.4, 0.5) is 11.4 Å². The molecule has 2 aromatic carbocycles. The Balaban J connectivity index is 2.49. The number of guanidine groups is 1. The Morgan fingerprint density at radius 3 is 1.77 bits per heavy atom. The van der Waals surface area contributed by atoms with Gasteiger partial charge in [0.2, 0.25) is 41.4 Å². The van der Waals surface area contributed by atoms with E-state index in [1.165, 1.54) is 63.9 Å². The Bertz CT molecular complexity index is 2940. The van der Waals surface area contributed by atoms with Crippen LogP contribution in [-0.2, 0) is 52.7 Å². The number of methoxy groups -OCH3 is 1. The van der Waals surface area contributed by atoms with E-state index in [9.17, 15) is 77.6 Å². The van der Waals surface area contributed by atoms with Crippen molar-refractivity contribution in [3.8, 4) is 17.2 Å². The summed E-state index contributed by atoms with van der Waals surface area (Å²) in [4.78, 5) is 174. The minimum absolute atomic E-state index is 0.0231. The van der Waals surface area contributed by atoms with E-state index in [0.717, 1.165) is 6.07 Å². The molecule has 0 aliphatic rings. The zero-order valence-corrected chi connectivity index (χ0v) is 53.4. The number of thioether (sulfide) groups is 1. The molecule has 0 radical (unpaired) electrons. The van der Waals surface area contributed by atoms with E-state index in [2.05, 4.69) is 52.8 Å². The molecule has 0 fully saturated rings. The van der Waals surface area contributed by atoms with Crippen molar-refractivity contribution in [3.05, 3.63) is 41.5 Å². The van der Waals surface area contributed by atoms with E-state index in [1.807, 2.05) is 6.26 Å². The highest BCUT2D eigenvalue weighted by Crippen LogP contribution is 2.35. The van der Waals surface area contributed by atoms with Gasteiger partial charge in [-0.3, -0.25) is 62.5 Å². The number of rotatable bonds is 42. The number of aliphatic hydroxyl groups excluding tert-OH is 1. The summed E-state index contributed by atoms with van der Waals surface area (Å²) >= 11 is 1.43. The number of aliphatic imine (C=N–C) groups is 1. The number of carbonyl (C=O) groups is 13. The molecule has 91 heavy (non-hydrogen) atoms. The molecule has 504 valence electrons. The monoisotopic (exact) mass is 1300 g/mol. The number of aliphatic hydroxyl groups is 1. The number of anilines is 2. The van der Waals surface area contributed by atoms with Gasteiger partial charge < -0.3 is 99.4 Å². The van der Waals surface area contributed by atoms with Crippen LogP contribution in [-0.4, -0.2) is 191 Å². The van der Waals surface area contributed by atoms with Crippen LogP contribution in [0.1, 0.15) is 127 Å². The van der Waals surface area contributed by atoms with E-state index in [0.29, 0.717) is 18.5 Å². The van der Waals surface area contributed by atoms with Gasteiger partial charge in [-0.2, -0.15) is 11.8 Å². The Morgan fingerprint density at radius 1 is 0.648 bits per heavy atom. The van der Waals surface area contributed by atoms with Gasteiger partial charge in [-0.1, -0.05) is 27.2 Å². The second kappa shape index (κ2) is 39.0. The van der Waals surface area contributed by atoms with Crippen LogP contribution in [0.3, 0.4) is 0 Å². The Morgan fingerprint density at radius 2 is 1.23 bits per heavy atom. The first-order valence-electron chi connectivity index (χ1n) is 29.1. The normalized spacial score (nSPS) is 14.2. The van der Waals surface area contributed by atoms with E-state index in [-0.39, 0.29) is 84.5 Å². The molecular formula is C58H87N13O19S. The largest absolute Gasteiger partial charge is 0.495 e. The molecule has 10 atom stereocenters. The number of nitrogens with one attached hydrogen (secondary N) is 9. The predicted molar refractivity (Wildman–Crippen MR) is 334 cm³/mol. The molecule has 0 saturated carbocycles. The van der Waals surface area contributed by atoms with Crippen molar-refractivity contribution in [1.82, 2.24) is 37.2 Å². The molecule has 0 bridgehead atoms. The molecule has 0 spiro atoms. The minimum atomic E-state index is -2.05. The quantitative estimate of drug-likeness (QED) is 0.0167. The number of carboxylic acid groups (broad SMARTS) is 2. The first-order valence-corrected chi connectivity index (χ1v) is 30.5. The maximum atomic E-state index is 14.3. The van der Waals surface area contributed by atoms with E-state index in [1.54, 1.807) is 34.6 Å². The maximum Gasteiger partial charge on any atom is 0.305 e. The summed E-state index contributed by atoms with van der Waals surface area (Å²) < 4.78 is 17.7. The lowest BCUT2D eigenvalue weighted by molar-refractivity contribution is -0.143. The highest BCUT2D eigenvalue weighted by Gasteiger charge is 2.37. The van der Waals surface area contributed by atoms with Gasteiger partial charge in [0.05, 0.1) is 74.2 Å².